The number of nitrogens with one attached hydrogen (secondary N) is 1. The van der Waals surface area contributed by atoms with Gasteiger partial charge in [0.2, 0.25) is 0 Å². The van der Waals surface area contributed by atoms with Gasteiger partial charge in [0.1, 0.15) is 11.6 Å². The molecule has 0 aliphatic carbocycles. The van der Waals surface area contributed by atoms with Crippen molar-refractivity contribution in [3.8, 4) is 0 Å². The van der Waals surface area contributed by atoms with Crippen LogP contribution in [0.4, 0.5) is 5.82 Å². The van der Waals surface area contributed by atoms with E-state index in [4.69, 9.17) is 9.72 Å². The van der Waals surface area contributed by atoms with Crippen LogP contribution in [0.25, 0.3) is 0 Å². The molecule has 5 heteroatoms. The van der Waals surface area contributed by atoms with Gasteiger partial charge >= 0.3 is 0 Å². The molecule has 0 spiro atoms. The summed E-state index contributed by atoms with van der Waals surface area (Å²) in [6.07, 6.45) is 1.31. The lowest BCUT2D eigenvalue weighted by Crippen LogP contribution is -2.42. The normalized spacial score (nSPS) is 18.7. The van der Waals surface area contributed by atoms with Crippen molar-refractivity contribution in [2.24, 2.45) is 0 Å². The molecule has 1 aromatic rings. The fourth-order valence-electron chi connectivity index (χ4n) is 2.44. The Labute approximate surface area is 139 Å². The molecule has 130 valence electrons. The van der Waals surface area contributed by atoms with Crippen LogP contribution in [0.1, 0.15) is 65.9 Å². The zero-order valence-corrected chi connectivity index (χ0v) is 15.4. The van der Waals surface area contributed by atoms with Crippen molar-refractivity contribution in [1.82, 2.24) is 9.97 Å². The second-order valence-electron chi connectivity index (χ2n) is 8.65. The van der Waals surface area contributed by atoms with Gasteiger partial charge in [0.25, 0.3) is 0 Å². The Morgan fingerprint density at radius 1 is 1.09 bits per heavy atom. The van der Waals surface area contributed by atoms with E-state index in [-0.39, 0.29) is 10.8 Å². The molecule has 1 aromatic heterocycles. The fourth-order valence-corrected chi connectivity index (χ4v) is 2.44. The van der Waals surface area contributed by atoms with E-state index < -0.39 is 5.60 Å². The summed E-state index contributed by atoms with van der Waals surface area (Å²) in [5.41, 5.74) is 0.133. The minimum Gasteiger partial charge on any atom is -0.388 e. The van der Waals surface area contributed by atoms with Gasteiger partial charge in [-0.1, -0.05) is 41.5 Å². The van der Waals surface area contributed by atoms with Gasteiger partial charge in [-0.25, -0.2) is 9.97 Å². The van der Waals surface area contributed by atoms with Crippen LogP contribution >= 0.6 is 0 Å². The smallest absolute Gasteiger partial charge is 0.136 e. The molecular formula is C18H31N3O2. The highest BCUT2D eigenvalue weighted by atomic mass is 16.5. The van der Waals surface area contributed by atoms with Crippen LogP contribution in [0.15, 0.2) is 6.07 Å². The third kappa shape index (κ3) is 4.88. The molecule has 2 N–H and O–H groups in total. The van der Waals surface area contributed by atoms with Crippen molar-refractivity contribution < 1.29 is 9.84 Å². The first-order chi connectivity index (χ1) is 10.5. The Morgan fingerprint density at radius 3 is 2.22 bits per heavy atom. The van der Waals surface area contributed by atoms with Gasteiger partial charge in [-0.15, -0.1) is 0 Å². The predicted molar refractivity (Wildman–Crippen MR) is 92.9 cm³/mol. The number of aliphatic hydroxyl groups is 1. The maximum absolute atomic E-state index is 10.6. The van der Waals surface area contributed by atoms with Gasteiger partial charge in [0.05, 0.1) is 11.3 Å². The molecule has 1 fully saturated rings. The van der Waals surface area contributed by atoms with Crippen molar-refractivity contribution in [3.63, 3.8) is 0 Å². The van der Waals surface area contributed by atoms with Crippen LogP contribution in [-0.2, 0) is 15.6 Å². The Morgan fingerprint density at radius 2 is 1.70 bits per heavy atom. The van der Waals surface area contributed by atoms with E-state index in [1.165, 1.54) is 0 Å². The molecule has 0 saturated carbocycles. The Hall–Kier alpha value is -1.20. The number of ether oxygens (including phenoxy) is 1. The van der Waals surface area contributed by atoms with Gasteiger partial charge in [-0.05, 0) is 0 Å². The van der Waals surface area contributed by atoms with Gasteiger partial charge < -0.3 is 15.2 Å². The van der Waals surface area contributed by atoms with E-state index in [0.717, 1.165) is 17.3 Å². The summed E-state index contributed by atoms with van der Waals surface area (Å²) < 4.78 is 5.33. The molecule has 0 amide bonds. The zero-order valence-electron chi connectivity index (χ0n) is 15.4. The topological polar surface area (TPSA) is 67.3 Å². The summed E-state index contributed by atoms with van der Waals surface area (Å²) >= 11 is 0. The Bertz CT molecular complexity index is 506. The zero-order chi connectivity index (χ0) is 17.3. The molecule has 23 heavy (non-hydrogen) atoms. The Kier molecular flexibility index (Phi) is 5.02. The molecule has 1 aliphatic rings. The number of aromatic nitrogens is 2. The predicted octanol–water partition coefficient (Wildman–Crippen LogP) is 3.03. The maximum Gasteiger partial charge on any atom is 0.136 e. The van der Waals surface area contributed by atoms with Gasteiger partial charge in [0, 0.05) is 49.5 Å². The van der Waals surface area contributed by atoms with E-state index in [2.05, 4.69) is 51.8 Å². The number of nitrogens with zero attached hydrogens (tertiary/aromatic N) is 2. The maximum atomic E-state index is 10.6. The molecule has 0 unspecified atom stereocenters. The van der Waals surface area contributed by atoms with Gasteiger partial charge in [0.15, 0.2) is 0 Å². The number of hydrogen-bond acceptors (Lipinski definition) is 5. The summed E-state index contributed by atoms with van der Waals surface area (Å²) in [4.78, 5) is 9.42. The van der Waals surface area contributed by atoms with Crippen molar-refractivity contribution in [1.29, 1.82) is 0 Å². The summed E-state index contributed by atoms with van der Waals surface area (Å²) in [6.45, 7) is 14.5. The third-order valence-electron chi connectivity index (χ3n) is 4.19. The first kappa shape index (κ1) is 18.1. The van der Waals surface area contributed by atoms with Crippen LogP contribution in [0, 0.1) is 0 Å². The van der Waals surface area contributed by atoms with Crippen molar-refractivity contribution in [2.75, 3.05) is 25.1 Å². The van der Waals surface area contributed by atoms with Gasteiger partial charge in [-0.2, -0.15) is 0 Å². The first-order valence-corrected chi connectivity index (χ1v) is 8.44. The molecule has 5 nitrogen and oxygen atoms in total. The second-order valence-corrected chi connectivity index (χ2v) is 8.65. The molecule has 2 rings (SSSR count). The van der Waals surface area contributed by atoms with E-state index in [1.54, 1.807) is 0 Å². The molecule has 0 aromatic carbocycles. The summed E-state index contributed by atoms with van der Waals surface area (Å²) in [5, 5.41) is 13.9. The lowest BCUT2D eigenvalue weighted by atomic mass is 9.90. The molecule has 1 aliphatic heterocycles. The molecule has 0 bridgehead atoms. The largest absolute Gasteiger partial charge is 0.388 e. The standard InChI is InChI=1S/C18H31N3O2/c1-16(2,3)13-11-14(21-15(20-13)17(4,5)6)19-12-18(22)7-9-23-10-8-18/h11,22H,7-10,12H2,1-6H3,(H,19,20,21). The van der Waals surface area contributed by atoms with Crippen molar-refractivity contribution in [2.45, 2.75) is 70.8 Å². The first-order valence-electron chi connectivity index (χ1n) is 8.44. The van der Waals surface area contributed by atoms with E-state index in [9.17, 15) is 5.11 Å². The SMILES string of the molecule is CC(C)(C)c1cc(NCC2(O)CCOCC2)nc(C(C)(C)C)n1. The molecule has 0 atom stereocenters. The second kappa shape index (κ2) is 6.36. The number of hydrogen-bond donors (Lipinski definition) is 2. The minimum atomic E-state index is -0.715. The highest BCUT2D eigenvalue weighted by molar-refractivity contribution is 5.39. The lowest BCUT2D eigenvalue weighted by molar-refractivity contribution is -0.0543. The molecule has 0 radical (unpaired) electrons. The molecular weight excluding hydrogens is 290 g/mol. The van der Waals surface area contributed by atoms with Crippen LogP contribution in [-0.4, -0.2) is 40.4 Å². The lowest BCUT2D eigenvalue weighted by Gasteiger charge is -2.32. The van der Waals surface area contributed by atoms with E-state index in [1.807, 2.05) is 6.07 Å². The highest BCUT2D eigenvalue weighted by Gasteiger charge is 2.30. The van der Waals surface area contributed by atoms with Crippen molar-refractivity contribution in [3.05, 3.63) is 17.6 Å². The molecule has 2 heterocycles. The average Bonchev–Trinajstić information content (AvgIpc) is 2.44. The summed E-state index contributed by atoms with van der Waals surface area (Å²) in [7, 11) is 0. The third-order valence-corrected chi connectivity index (χ3v) is 4.19. The van der Waals surface area contributed by atoms with Gasteiger partial charge in [-0.3, -0.25) is 0 Å². The van der Waals surface area contributed by atoms with Crippen LogP contribution in [0.2, 0.25) is 0 Å². The summed E-state index contributed by atoms with van der Waals surface area (Å²) in [5.74, 6) is 1.61. The van der Waals surface area contributed by atoms with E-state index >= 15 is 0 Å². The minimum absolute atomic E-state index is 0.0467. The average molecular weight is 321 g/mol. The quantitative estimate of drug-likeness (QED) is 0.896. The fraction of sp³-hybridized carbons (Fsp3) is 0.778. The summed E-state index contributed by atoms with van der Waals surface area (Å²) in [6, 6.07) is 2.00. The van der Waals surface area contributed by atoms with E-state index in [0.29, 0.717) is 32.6 Å². The van der Waals surface area contributed by atoms with Crippen LogP contribution in [0.3, 0.4) is 0 Å². The van der Waals surface area contributed by atoms with Crippen molar-refractivity contribution >= 4 is 5.82 Å². The number of anilines is 1. The number of rotatable bonds is 3. The highest BCUT2D eigenvalue weighted by Crippen LogP contribution is 2.27. The van der Waals surface area contributed by atoms with Crippen LogP contribution in [0.5, 0.6) is 0 Å². The monoisotopic (exact) mass is 321 g/mol. The Balaban J connectivity index is 2.23. The van der Waals surface area contributed by atoms with Crippen LogP contribution < -0.4 is 5.32 Å². The molecule has 1 saturated heterocycles.